The normalized spacial score (nSPS) is 12.1. The average molecular weight is 255 g/mol. The van der Waals surface area contributed by atoms with Gasteiger partial charge in [-0.1, -0.05) is 0 Å². The second-order valence-electron chi connectivity index (χ2n) is 3.56. The van der Waals surface area contributed by atoms with Crippen LogP contribution in [0, 0.1) is 10.1 Å². The molecule has 0 aliphatic carbocycles. The van der Waals surface area contributed by atoms with Gasteiger partial charge in [0.1, 0.15) is 5.75 Å². The van der Waals surface area contributed by atoms with Gasteiger partial charge in [0.25, 0.3) is 5.69 Å². The summed E-state index contributed by atoms with van der Waals surface area (Å²) in [6.45, 7) is 1.84. The van der Waals surface area contributed by atoms with Crippen molar-refractivity contribution in [2.75, 3.05) is 6.61 Å². The largest absolute Gasteiger partial charge is 0.508 e. The number of rotatable bonds is 6. The highest BCUT2D eigenvalue weighted by molar-refractivity contribution is 5.73. The van der Waals surface area contributed by atoms with Crippen LogP contribution in [-0.4, -0.2) is 33.8 Å². The van der Waals surface area contributed by atoms with Gasteiger partial charge in [-0.25, -0.2) is 4.79 Å². The van der Waals surface area contributed by atoms with E-state index in [-0.39, 0.29) is 30.0 Å². The minimum Gasteiger partial charge on any atom is -0.508 e. The molecule has 18 heavy (non-hydrogen) atoms. The molecule has 98 valence electrons. The number of nitro benzene ring substituents is 1. The molecule has 7 nitrogen and oxygen atoms in total. The first-order chi connectivity index (χ1) is 8.45. The molecule has 0 bridgehead atoms. The summed E-state index contributed by atoms with van der Waals surface area (Å²) in [5.74, 6) is -1.42. The van der Waals surface area contributed by atoms with E-state index in [1.165, 1.54) is 12.1 Å². The summed E-state index contributed by atoms with van der Waals surface area (Å²) in [7, 11) is 0. The van der Waals surface area contributed by atoms with Crippen LogP contribution in [0.4, 0.5) is 5.69 Å². The van der Waals surface area contributed by atoms with Gasteiger partial charge in [0.05, 0.1) is 11.0 Å². The minimum atomic E-state index is -1.18. The highest BCUT2D eigenvalue weighted by Gasteiger charge is 2.23. The number of nitrogens with zero attached hydrogens (tertiary/aromatic N) is 1. The fourth-order valence-corrected chi connectivity index (χ4v) is 1.51. The standard InChI is InChI=1S/C11H13NO6/c1-2-18-10(11(14)15)5-7-3-4-8(13)6-9(7)12(16)17/h3-4,6,10,13H,2,5H2,1H3,(H,14,15). The van der Waals surface area contributed by atoms with E-state index >= 15 is 0 Å². The number of aliphatic carboxylic acids is 1. The number of carbonyl (C=O) groups is 1. The molecule has 0 aliphatic heterocycles. The van der Waals surface area contributed by atoms with Crippen molar-refractivity contribution >= 4 is 11.7 Å². The number of aromatic hydroxyl groups is 1. The van der Waals surface area contributed by atoms with Gasteiger partial charge in [0, 0.05) is 18.6 Å². The molecule has 0 fully saturated rings. The Bertz CT molecular complexity index is 459. The predicted octanol–water partition coefficient (Wildman–Crippen LogP) is 1.33. The van der Waals surface area contributed by atoms with Crippen molar-refractivity contribution in [1.82, 2.24) is 0 Å². The van der Waals surface area contributed by atoms with Crippen molar-refractivity contribution in [2.24, 2.45) is 0 Å². The average Bonchev–Trinajstić information content (AvgIpc) is 2.30. The predicted molar refractivity (Wildman–Crippen MR) is 61.5 cm³/mol. The van der Waals surface area contributed by atoms with E-state index in [0.29, 0.717) is 0 Å². The summed E-state index contributed by atoms with van der Waals surface area (Å²) in [6.07, 6.45) is -1.27. The second kappa shape index (κ2) is 5.97. The highest BCUT2D eigenvalue weighted by Crippen LogP contribution is 2.25. The van der Waals surface area contributed by atoms with Crippen LogP contribution >= 0.6 is 0 Å². The van der Waals surface area contributed by atoms with Crippen molar-refractivity contribution < 1.29 is 24.7 Å². The first-order valence-corrected chi connectivity index (χ1v) is 5.26. The molecule has 1 rings (SSSR count). The fourth-order valence-electron chi connectivity index (χ4n) is 1.51. The number of phenols is 1. The molecular formula is C11H13NO6. The van der Waals surface area contributed by atoms with Gasteiger partial charge in [0.15, 0.2) is 6.10 Å². The Kier molecular flexibility index (Phi) is 4.61. The van der Waals surface area contributed by atoms with E-state index in [9.17, 15) is 20.0 Å². The lowest BCUT2D eigenvalue weighted by Crippen LogP contribution is -2.26. The van der Waals surface area contributed by atoms with E-state index in [0.717, 1.165) is 6.07 Å². The summed E-state index contributed by atoms with van der Waals surface area (Å²) in [5.41, 5.74) is -0.111. The Morgan fingerprint density at radius 3 is 2.72 bits per heavy atom. The third-order valence-corrected chi connectivity index (χ3v) is 2.31. The minimum absolute atomic E-state index is 0.125. The molecule has 0 saturated heterocycles. The zero-order valence-electron chi connectivity index (χ0n) is 9.70. The summed E-state index contributed by atoms with van der Waals surface area (Å²) in [5, 5.41) is 28.9. The van der Waals surface area contributed by atoms with Gasteiger partial charge < -0.3 is 14.9 Å². The maximum atomic E-state index is 10.9. The zero-order chi connectivity index (χ0) is 13.7. The Hall–Kier alpha value is -2.15. The second-order valence-corrected chi connectivity index (χ2v) is 3.56. The van der Waals surface area contributed by atoms with Gasteiger partial charge in [-0.15, -0.1) is 0 Å². The highest BCUT2D eigenvalue weighted by atomic mass is 16.6. The lowest BCUT2D eigenvalue weighted by Gasteiger charge is -2.12. The summed E-state index contributed by atoms with van der Waals surface area (Å²) in [6, 6.07) is 3.58. The molecule has 0 spiro atoms. The third-order valence-electron chi connectivity index (χ3n) is 2.31. The van der Waals surface area contributed by atoms with Gasteiger partial charge in [-0.2, -0.15) is 0 Å². The van der Waals surface area contributed by atoms with Gasteiger partial charge in [-0.3, -0.25) is 10.1 Å². The number of hydrogen-bond donors (Lipinski definition) is 2. The summed E-state index contributed by atoms with van der Waals surface area (Å²) < 4.78 is 4.99. The molecular weight excluding hydrogens is 242 g/mol. The van der Waals surface area contributed by atoms with Crippen LogP contribution in [0.15, 0.2) is 18.2 Å². The smallest absolute Gasteiger partial charge is 0.333 e. The van der Waals surface area contributed by atoms with Crippen LogP contribution in [0.3, 0.4) is 0 Å². The van der Waals surface area contributed by atoms with Crippen molar-refractivity contribution in [1.29, 1.82) is 0 Å². The molecule has 1 atom stereocenters. The maximum absolute atomic E-state index is 10.9. The van der Waals surface area contributed by atoms with E-state index in [1.807, 2.05) is 0 Å². The number of hydrogen-bond acceptors (Lipinski definition) is 5. The van der Waals surface area contributed by atoms with Crippen molar-refractivity contribution in [3.63, 3.8) is 0 Å². The van der Waals surface area contributed by atoms with Crippen molar-refractivity contribution in [3.8, 4) is 5.75 Å². The molecule has 7 heteroatoms. The van der Waals surface area contributed by atoms with E-state index in [4.69, 9.17) is 9.84 Å². The van der Waals surface area contributed by atoms with Crippen LogP contribution in [0.1, 0.15) is 12.5 Å². The lowest BCUT2D eigenvalue weighted by molar-refractivity contribution is -0.385. The van der Waals surface area contributed by atoms with Gasteiger partial charge in [0.2, 0.25) is 0 Å². The van der Waals surface area contributed by atoms with Crippen LogP contribution in [0.5, 0.6) is 5.75 Å². The Labute approximate surface area is 103 Å². The summed E-state index contributed by atoms with van der Waals surface area (Å²) in [4.78, 5) is 21.0. The van der Waals surface area contributed by atoms with Crippen molar-refractivity contribution in [2.45, 2.75) is 19.4 Å². The molecule has 1 aromatic rings. The SMILES string of the molecule is CCOC(Cc1ccc(O)cc1[N+](=O)[O-])C(=O)O. The zero-order valence-corrected chi connectivity index (χ0v) is 9.70. The molecule has 0 aliphatic rings. The number of nitro groups is 1. The van der Waals surface area contributed by atoms with Crippen molar-refractivity contribution in [3.05, 3.63) is 33.9 Å². The molecule has 0 amide bonds. The Morgan fingerprint density at radius 2 is 2.22 bits per heavy atom. The van der Waals surface area contributed by atoms with Crippen LogP contribution in [0.2, 0.25) is 0 Å². The molecule has 1 unspecified atom stereocenters. The summed E-state index contributed by atoms with van der Waals surface area (Å²) >= 11 is 0. The molecule has 0 saturated carbocycles. The number of ether oxygens (including phenoxy) is 1. The molecule has 0 heterocycles. The number of benzene rings is 1. The molecule has 0 radical (unpaired) electrons. The van der Waals surface area contributed by atoms with E-state index in [2.05, 4.69) is 0 Å². The van der Waals surface area contributed by atoms with Crippen LogP contribution in [0.25, 0.3) is 0 Å². The number of phenolic OH excluding ortho intramolecular Hbond substituents is 1. The molecule has 1 aromatic carbocycles. The first kappa shape index (κ1) is 13.9. The van der Waals surface area contributed by atoms with Crippen LogP contribution < -0.4 is 0 Å². The first-order valence-electron chi connectivity index (χ1n) is 5.26. The molecule has 0 aromatic heterocycles. The third kappa shape index (κ3) is 3.42. The molecule has 2 N–H and O–H groups in total. The quantitative estimate of drug-likeness (QED) is 0.586. The number of carboxylic acid groups (broad SMARTS) is 1. The monoisotopic (exact) mass is 255 g/mol. The Balaban J connectivity index is 3.01. The van der Waals surface area contributed by atoms with E-state index < -0.39 is 17.0 Å². The van der Waals surface area contributed by atoms with Crippen LogP contribution in [-0.2, 0) is 16.0 Å². The van der Waals surface area contributed by atoms with E-state index in [1.54, 1.807) is 6.92 Å². The number of carboxylic acids is 1. The maximum Gasteiger partial charge on any atom is 0.333 e. The lowest BCUT2D eigenvalue weighted by atomic mass is 10.1. The Morgan fingerprint density at radius 1 is 1.56 bits per heavy atom. The van der Waals surface area contributed by atoms with Gasteiger partial charge >= 0.3 is 5.97 Å². The topological polar surface area (TPSA) is 110 Å². The van der Waals surface area contributed by atoms with Gasteiger partial charge in [-0.05, 0) is 19.1 Å². The fraction of sp³-hybridized carbons (Fsp3) is 0.364.